The van der Waals surface area contributed by atoms with Gasteiger partial charge in [0.15, 0.2) is 5.96 Å². The summed E-state index contributed by atoms with van der Waals surface area (Å²) in [4.78, 5) is 20.0. The van der Waals surface area contributed by atoms with Crippen LogP contribution in [0.25, 0.3) is 0 Å². The number of hydrogen-bond acceptors (Lipinski definition) is 3. The lowest BCUT2D eigenvalue weighted by molar-refractivity contribution is -0.121. The lowest BCUT2D eigenvalue weighted by atomic mass is 10.1. The van der Waals surface area contributed by atoms with Crippen LogP contribution in [-0.2, 0) is 18.4 Å². The van der Waals surface area contributed by atoms with Crippen molar-refractivity contribution in [2.45, 2.75) is 32.9 Å². The maximum atomic E-state index is 11.7. The number of aryl methyl sites for hydroxylation is 1. The first-order valence-electron chi connectivity index (χ1n) is 6.53. The van der Waals surface area contributed by atoms with E-state index in [1.54, 1.807) is 13.2 Å². The largest absolute Gasteiger partial charge is 0.350 e. The van der Waals surface area contributed by atoms with Gasteiger partial charge in [0.2, 0.25) is 5.91 Å². The zero-order valence-electron chi connectivity index (χ0n) is 13.2. The first kappa shape index (κ1) is 19.7. The Bertz CT molecular complexity index is 477. The molecule has 0 atom stereocenters. The predicted molar refractivity (Wildman–Crippen MR) is 94.7 cm³/mol. The average molecular weight is 408 g/mol. The van der Waals surface area contributed by atoms with Crippen molar-refractivity contribution in [2.24, 2.45) is 12.0 Å². The smallest absolute Gasteiger partial charge is 0.239 e. The number of rotatable bonds is 4. The summed E-state index contributed by atoms with van der Waals surface area (Å²) in [6.45, 7) is 6.55. The van der Waals surface area contributed by atoms with Gasteiger partial charge in [-0.3, -0.25) is 9.79 Å². The summed E-state index contributed by atoms with van der Waals surface area (Å²) in [5.41, 5.74) is -0.233. The van der Waals surface area contributed by atoms with Crippen LogP contribution in [0.4, 0.5) is 0 Å². The highest BCUT2D eigenvalue weighted by Crippen LogP contribution is 1.97. The van der Waals surface area contributed by atoms with Crippen molar-refractivity contribution in [3.05, 3.63) is 18.2 Å². The third kappa shape index (κ3) is 7.88. The molecule has 1 aromatic rings. The Labute approximate surface area is 143 Å². The van der Waals surface area contributed by atoms with Gasteiger partial charge in [-0.2, -0.15) is 0 Å². The molecule has 0 aliphatic carbocycles. The summed E-state index contributed by atoms with van der Waals surface area (Å²) in [5.74, 6) is 1.39. The fourth-order valence-corrected chi connectivity index (χ4v) is 1.58. The molecule has 1 heterocycles. The number of aliphatic imine (C=N–C) groups is 1. The van der Waals surface area contributed by atoms with Crippen LogP contribution in [0.1, 0.15) is 26.6 Å². The first-order valence-corrected chi connectivity index (χ1v) is 6.53. The van der Waals surface area contributed by atoms with Gasteiger partial charge in [0.1, 0.15) is 5.82 Å². The molecule has 0 spiro atoms. The second-order valence-electron chi connectivity index (χ2n) is 5.53. The van der Waals surface area contributed by atoms with E-state index in [2.05, 4.69) is 25.9 Å². The van der Waals surface area contributed by atoms with Crippen molar-refractivity contribution in [2.75, 3.05) is 13.6 Å². The van der Waals surface area contributed by atoms with E-state index in [0.717, 1.165) is 5.82 Å². The fraction of sp³-hybridized carbons (Fsp3) is 0.615. The minimum absolute atomic E-state index is 0. The number of halogens is 1. The Hall–Kier alpha value is -1.32. The molecule has 1 amide bonds. The second kappa shape index (κ2) is 8.85. The number of aromatic nitrogens is 2. The molecule has 0 aliphatic rings. The Morgan fingerprint density at radius 2 is 2.05 bits per heavy atom. The van der Waals surface area contributed by atoms with E-state index < -0.39 is 0 Å². The van der Waals surface area contributed by atoms with Crippen molar-refractivity contribution < 1.29 is 4.79 Å². The predicted octanol–water partition coefficient (Wildman–Crippen LogP) is 0.618. The van der Waals surface area contributed by atoms with E-state index in [0.29, 0.717) is 12.5 Å². The normalized spacial score (nSPS) is 11.6. The number of nitrogens with zero attached hydrogens (tertiary/aromatic N) is 3. The molecular weight excluding hydrogens is 383 g/mol. The van der Waals surface area contributed by atoms with Crippen LogP contribution in [0.15, 0.2) is 17.4 Å². The van der Waals surface area contributed by atoms with E-state index in [-0.39, 0.29) is 42.0 Å². The fourth-order valence-electron chi connectivity index (χ4n) is 1.58. The molecule has 120 valence electrons. The Morgan fingerprint density at radius 1 is 1.38 bits per heavy atom. The first-order chi connectivity index (χ1) is 9.31. The van der Waals surface area contributed by atoms with Gasteiger partial charge in [-0.25, -0.2) is 4.98 Å². The lowest BCUT2D eigenvalue weighted by Gasteiger charge is -2.21. The van der Waals surface area contributed by atoms with Crippen molar-refractivity contribution in [3.8, 4) is 0 Å². The zero-order chi connectivity index (χ0) is 15.2. The topological polar surface area (TPSA) is 83.3 Å². The van der Waals surface area contributed by atoms with Crippen LogP contribution in [-0.4, -0.2) is 40.5 Å². The van der Waals surface area contributed by atoms with Crippen molar-refractivity contribution in [1.82, 2.24) is 25.5 Å². The van der Waals surface area contributed by atoms with Gasteiger partial charge in [-0.15, -0.1) is 24.0 Å². The lowest BCUT2D eigenvalue weighted by Crippen LogP contribution is -2.48. The maximum absolute atomic E-state index is 11.7. The zero-order valence-corrected chi connectivity index (χ0v) is 15.6. The van der Waals surface area contributed by atoms with Crippen molar-refractivity contribution in [3.63, 3.8) is 0 Å². The number of imidazole rings is 1. The van der Waals surface area contributed by atoms with E-state index in [1.165, 1.54) is 0 Å². The molecule has 0 saturated heterocycles. The molecule has 0 unspecified atom stereocenters. The van der Waals surface area contributed by atoms with E-state index in [1.807, 2.05) is 38.6 Å². The van der Waals surface area contributed by atoms with Crippen LogP contribution >= 0.6 is 24.0 Å². The quantitative estimate of drug-likeness (QED) is 0.388. The van der Waals surface area contributed by atoms with Crippen molar-refractivity contribution in [1.29, 1.82) is 0 Å². The summed E-state index contributed by atoms with van der Waals surface area (Å²) in [7, 11) is 3.59. The Balaban J connectivity index is 0.00000400. The highest BCUT2D eigenvalue weighted by atomic mass is 127. The molecule has 3 N–H and O–H groups in total. The van der Waals surface area contributed by atoms with E-state index in [9.17, 15) is 4.79 Å². The van der Waals surface area contributed by atoms with Crippen LogP contribution in [0.2, 0.25) is 0 Å². The van der Waals surface area contributed by atoms with Crippen molar-refractivity contribution >= 4 is 35.8 Å². The van der Waals surface area contributed by atoms with Gasteiger partial charge >= 0.3 is 0 Å². The van der Waals surface area contributed by atoms with Gasteiger partial charge in [-0.05, 0) is 20.8 Å². The molecule has 21 heavy (non-hydrogen) atoms. The highest BCUT2D eigenvalue weighted by Gasteiger charge is 2.13. The summed E-state index contributed by atoms with van der Waals surface area (Å²) in [6.07, 6.45) is 3.62. The van der Waals surface area contributed by atoms with E-state index >= 15 is 0 Å². The molecule has 0 bridgehead atoms. The van der Waals surface area contributed by atoms with Gasteiger partial charge in [0.05, 0.1) is 13.1 Å². The number of amides is 1. The van der Waals surface area contributed by atoms with Crippen LogP contribution in [0.3, 0.4) is 0 Å². The summed E-state index contributed by atoms with van der Waals surface area (Å²) in [6, 6.07) is 0. The maximum Gasteiger partial charge on any atom is 0.239 e. The SMILES string of the molecule is CN=C(NCC(=O)NC(C)(C)C)NCc1nccn1C.I. The number of carbonyl (C=O) groups is 1. The number of carbonyl (C=O) groups excluding carboxylic acids is 1. The standard InChI is InChI=1S/C13H24N6O.HI/c1-13(2,3)18-11(20)9-17-12(14-4)16-8-10-15-6-7-19(10)5;/h6-7H,8-9H2,1-5H3,(H,18,20)(H2,14,16,17);1H. The van der Waals surface area contributed by atoms with Gasteiger partial charge < -0.3 is 20.5 Å². The third-order valence-electron chi connectivity index (χ3n) is 2.49. The molecule has 1 aromatic heterocycles. The number of nitrogens with one attached hydrogen (secondary N) is 3. The second-order valence-corrected chi connectivity index (χ2v) is 5.53. The molecule has 0 radical (unpaired) electrons. The number of hydrogen-bond donors (Lipinski definition) is 3. The Morgan fingerprint density at radius 3 is 2.52 bits per heavy atom. The molecule has 0 fully saturated rings. The molecule has 0 aliphatic heterocycles. The minimum Gasteiger partial charge on any atom is -0.350 e. The average Bonchev–Trinajstić information content (AvgIpc) is 2.73. The third-order valence-corrected chi connectivity index (χ3v) is 2.49. The minimum atomic E-state index is -0.233. The molecular formula is C13H25IN6O. The van der Waals surface area contributed by atoms with E-state index in [4.69, 9.17) is 0 Å². The summed E-state index contributed by atoms with van der Waals surface area (Å²) in [5, 5.41) is 8.95. The van der Waals surface area contributed by atoms with Crippen LogP contribution in [0.5, 0.6) is 0 Å². The van der Waals surface area contributed by atoms with Gasteiger partial charge in [-0.1, -0.05) is 0 Å². The molecule has 0 saturated carbocycles. The van der Waals surface area contributed by atoms with Crippen LogP contribution < -0.4 is 16.0 Å². The molecule has 8 heteroatoms. The molecule has 0 aromatic carbocycles. The molecule has 1 rings (SSSR count). The molecule has 7 nitrogen and oxygen atoms in total. The number of guanidine groups is 1. The summed E-state index contributed by atoms with van der Waals surface area (Å²) < 4.78 is 1.92. The summed E-state index contributed by atoms with van der Waals surface area (Å²) >= 11 is 0. The monoisotopic (exact) mass is 408 g/mol. The Kier molecular flexibility index (Phi) is 8.30. The van der Waals surface area contributed by atoms with Crippen LogP contribution in [0, 0.1) is 0 Å². The van der Waals surface area contributed by atoms with Gasteiger partial charge in [0.25, 0.3) is 0 Å². The van der Waals surface area contributed by atoms with Gasteiger partial charge in [0, 0.05) is 32.0 Å². The highest BCUT2D eigenvalue weighted by molar-refractivity contribution is 14.0.